The van der Waals surface area contributed by atoms with Crippen molar-refractivity contribution in [1.82, 2.24) is 15.6 Å². The highest BCUT2D eigenvalue weighted by Crippen LogP contribution is 2.50. The zero-order valence-corrected chi connectivity index (χ0v) is 21.9. The van der Waals surface area contributed by atoms with Crippen molar-refractivity contribution >= 4 is 17.6 Å². The highest BCUT2D eigenvalue weighted by Gasteiger charge is 2.66. The summed E-state index contributed by atoms with van der Waals surface area (Å²) in [4.78, 5) is 29.2. The Kier molecular flexibility index (Phi) is 8.74. The van der Waals surface area contributed by atoms with E-state index in [0.717, 1.165) is 19.4 Å². The van der Waals surface area contributed by atoms with E-state index in [9.17, 15) is 19.1 Å². The summed E-state index contributed by atoms with van der Waals surface area (Å²) < 4.78 is 14.0. The number of anilines is 1. The van der Waals surface area contributed by atoms with Crippen LogP contribution in [-0.4, -0.2) is 54.6 Å². The number of carbonyl (C=O) groups excluding carboxylic acids is 1. The molecule has 1 aliphatic rings. The Labute approximate surface area is 213 Å². The molecule has 1 fully saturated rings. The molecule has 0 aromatic heterocycles. The molecule has 1 saturated heterocycles. The van der Waals surface area contributed by atoms with Crippen molar-refractivity contribution < 1.29 is 19.1 Å². The van der Waals surface area contributed by atoms with E-state index in [2.05, 4.69) is 22.6 Å². The number of carbonyl (C=O) groups is 2. The third-order valence-corrected chi connectivity index (χ3v) is 7.19. The number of hydrogen-bond acceptors (Lipinski definition) is 5. The van der Waals surface area contributed by atoms with E-state index >= 15 is 0 Å². The van der Waals surface area contributed by atoms with Gasteiger partial charge in [0.15, 0.2) is 5.54 Å². The van der Waals surface area contributed by atoms with Gasteiger partial charge in [-0.25, -0.2) is 14.6 Å². The number of para-hydroxylation sites is 1. The summed E-state index contributed by atoms with van der Waals surface area (Å²) >= 11 is 0. The summed E-state index contributed by atoms with van der Waals surface area (Å²) in [7, 11) is 3.96. The largest absolute Gasteiger partial charge is 0.479 e. The van der Waals surface area contributed by atoms with E-state index in [0.29, 0.717) is 24.2 Å². The van der Waals surface area contributed by atoms with Crippen molar-refractivity contribution in [3.63, 3.8) is 0 Å². The van der Waals surface area contributed by atoms with Crippen LogP contribution < -0.4 is 15.8 Å². The Balaban J connectivity index is 2.18. The number of nitrogens with one attached hydrogen (secondary N) is 2. The summed E-state index contributed by atoms with van der Waals surface area (Å²) in [5, 5.41) is 15.3. The Hall–Kier alpha value is -2.97. The molecule has 3 N–H and O–H groups in total. The third kappa shape index (κ3) is 5.25. The van der Waals surface area contributed by atoms with Gasteiger partial charge in [-0.1, -0.05) is 57.0 Å². The number of hydrogen-bond donors (Lipinski definition) is 3. The lowest BCUT2D eigenvalue weighted by atomic mass is 9.68. The Bertz CT molecular complexity index is 1030. The van der Waals surface area contributed by atoms with E-state index in [-0.39, 0.29) is 11.8 Å². The summed E-state index contributed by atoms with van der Waals surface area (Å²) in [6.45, 7) is 6.98. The lowest BCUT2D eigenvalue weighted by Crippen LogP contribution is -2.57. The van der Waals surface area contributed by atoms with Crippen LogP contribution in [0.5, 0.6) is 0 Å². The molecule has 4 atom stereocenters. The van der Waals surface area contributed by atoms with Crippen molar-refractivity contribution in [2.75, 3.05) is 32.2 Å². The van der Waals surface area contributed by atoms with Gasteiger partial charge in [0.2, 0.25) is 5.91 Å². The summed E-state index contributed by atoms with van der Waals surface area (Å²) in [5.41, 5.74) is 1.68. The molecule has 3 rings (SSSR count). The SMILES string of the molecule is CCCCC1C(C(=O)NCC(C)CN(C)C)(c2ccc(F)cc2)NN(c2ccccc2)C1(C)C(=O)O. The Morgan fingerprint density at radius 2 is 1.81 bits per heavy atom. The van der Waals surface area contributed by atoms with E-state index in [1.165, 1.54) is 12.1 Å². The van der Waals surface area contributed by atoms with Gasteiger partial charge in [-0.3, -0.25) is 9.80 Å². The van der Waals surface area contributed by atoms with Crippen molar-refractivity contribution in [3.05, 3.63) is 66.0 Å². The monoisotopic (exact) mass is 498 g/mol. The number of carboxylic acid groups (broad SMARTS) is 1. The highest BCUT2D eigenvalue weighted by molar-refractivity contribution is 5.94. The van der Waals surface area contributed by atoms with Gasteiger partial charge in [-0.2, -0.15) is 0 Å². The summed E-state index contributed by atoms with van der Waals surface area (Å²) in [6.07, 6.45) is 2.08. The lowest BCUT2D eigenvalue weighted by Gasteiger charge is -2.37. The van der Waals surface area contributed by atoms with Gasteiger partial charge in [0.25, 0.3) is 0 Å². The molecule has 4 unspecified atom stereocenters. The zero-order chi connectivity index (χ0) is 26.5. The number of halogens is 1. The van der Waals surface area contributed by atoms with Gasteiger partial charge in [0, 0.05) is 19.0 Å². The van der Waals surface area contributed by atoms with E-state index < -0.39 is 28.8 Å². The van der Waals surface area contributed by atoms with Gasteiger partial charge in [-0.15, -0.1) is 0 Å². The second-order valence-corrected chi connectivity index (χ2v) is 10.3. The molecule has 1 amide bonds. The molecule has 2 aromatic rings. The smallest absolute Gasteiger partial charge is 0.331 e. The number of aliphatic carboxylic acids is 1. The van der Waals surface area contributed by atoms with Crippen LogP contribution >= 0.6 is 0 Å². The number of carboxylic acids is 1. The molecule has 0 bridgehead atoms. The van der Waals surface area contributed by atoms with Gasteiger partial charge in [0.1, 0.15) is 11.4 Å². The first-order valence-electron chi connectivity index (χ1n) is 12.6. The molecule has 8 heteroatoms. The van der Waals surface area contributed by atoms with E-state index in [1.54, 1.807) is 24.1 Å². The molecule has 36 heavy (non-hydrogen) atoms. The second-order valence-electron chi connectivity index (χ2n) is 10.3. The number of amides is 1. The number of hydrazine groups is 1. The molecule has 7 nitrogen and oxygen atoms in total. The maximum absolute atomic E-state index is 14.2. The van der Waals surface area contributed by atoms with Crippen LogP contribution in [0, 0.1) is 17.7 Å². The first-order valence-corrected chi connectivity index (χ1v) is 12.6. The van der Waals surface area contributed by atoms with Crippen LogP contribution in [0.2, 0.25) is 0 Å². The van der Waals surface area contributed by atoms with Gasteiger partial charge >= 0.3 is 5.97 Å². The van der Waals surface area contributed by atoms with Crippen LogP contribution in [0.4, 0.5) is 10.1 Å². The standard InChI is InChI=1S/C28H39FN4O3/c1-6-7-13-24-27(3,26(35)36)33(23-11-9-8-10-12-23)31-28(24,21-14-16-22(29)17-15-21)25(34)30-18-20(2)19-32(4)5/h8-12,14-17,20,24,31H,6-7,13,18-19H2,1-5H3,(H,30,34)(H,35,36). The number of unbranched alkanes of at least 4 members (excludes halogenated alkanes) is 1. The van der Waals surface area contributed by atoms with Crippen LogP contribution in [0.3, 0.4) is 0 Å². The minimum absolute atomic E-state index is 0.181. The number of benzene rings is 2. The van der Waals surface area contributed by atoms with Crippen LogP contribution in [0.25, 0.3) is 0 Å². The third-order valence-electron chi connectivity index (χ3n) is 7.19. The summed E-state index contributed by atoms with van der Waals surface area (Å²) in [5.74, 6) is -2.22. The van der Waals surface area contributed by atoms with Crippen molar-refractivity contribution in [2.45, 2.75) is 51.1 Å². The molecule has 0 radical (unpaired) electrons. The minimum atomic E-state index is -1.45. The normalized spacial score (nSPS) is 24.6. The highest BCUT2D eigenvalue weighted by atomic mass is 19.1. The van der Waals surface area contributed by atoms with Gasteiger partial charge < -0.3 is 15.3 Å². The molecule has 196 valence electrons. The fourth-order valence-corrected chi connectivity index (χ4v) is 5.42. The topological polar surface area (TPSA) is 84.9 Å². The Morgan fingerprint density at radius 1 is 1.17 bits per heavy atom. The maximum Gasteiger partial charge on any atom is 0.331 e. The second kappa shape index (κ2) is 11.4. The summed E-state index contributed by atoms with van der Waals surface area (Å²) in [6, 6.07) is 15.0. The predicted octanol–water partition coefficient (Wildman–Crippen LogP) is 4.01. The van der Waals surface area contributed by atoms with Crippen LogP contribution in [-0.2, 0) is 15.1 Å². The molecular formula is C28H39FN4O3. The number of nitrogens with zero attached hydrogens (tertiary/aromatic N) is 2. The average molecular weight is 499 g/mol. The fraction of sp³-hybridized carbons (Fsp3) is 0.500. The predicted molar refractivity (Wildman–Crippen MR) is 140 cm³/mol. The van der Waals surface area contributed by atoms with Crippen molar-refractivity contribution in [2.24, 2.45) is 11.8 Å². The first-order chi connectivity index (χ1) is 17.1. The lowest BCUT2D eigenvalue weighted by molar-refractivity contribution is -0.145. The van der Waals surface area contributed by atoms with E-state index in [4.69, 9.17) is 0 Å². The maximum atomic E-state index is 14.2. The molecule has 2 aromatic carbocycles. The molecule has 0 aliphatic carbocycles. The quantitative estimate of drug-likeness (QED) is 0.434. The minimum Gasteiger partial charge on any atom is -0.479 e. The first kappa shape index (κ1) is 27.6. The molecule has 0 spiro atoms. The van der Waals surface area contributed by atoms with Crippen LogP contribution in [0.1, 0.15) is 45.6 Å². The molecule has 1 aliphatic heterocycles. The van der Waals surface area contributed by atoms with Crippen molar-refractivity contribution in [1.29, 1.82) is 0 Å². The van der Waals surface area contributed by atoms with Crippen molar-refractivity contribution in [3.8, 4) is 0 Å². The number of rotatable bonds is 11. The average Bonchev–Trinajstić information content (AvgIpc) is 3.12. The van der Waals surface area contributed by atoms with Crippen LogP contribution in [0.15, 0.2) is 54.6 Å². The van der Waals surface area contributed by atoms with Gasteiger partial charge in [-0.05, 0) is 63.2 Å². The Morgan fingerprint density at radius 3 is 2.36 bits per heavy atom. The zero-order valence-electron chi connectivity index (χ0n) is 21.9. The molecular weight excluding hydrogens is 459 g/mol. The van der Waals surface area contributed by atoms with Gasteiger partial charge in [0.05, 0.1) is 5.69 Å². The van der Waals surface area contributed by atoms with E-state index in [1.807, 2.05) is 51.4 Å². The molecule has 0 saturated carbocycles. The fourth-order valence-electron chi connectivity index (χ4n) is 5.42. The molecule has 1 heterocycles.